The second-order valence-corrected chi connectivity index (χ2v) is 8.96. The molecular weight excluding hydrogens is 402 g/mol. The zero-order chi connectivity index (χ0) is 22.1. The molecule has 2 aromatic carbocycles. The molecule has 166 valence electrons. The van der Waals surface area contributed by atoms with E-state index in [0.717, 1.165) is 36.9 Å². The van der Waals surface area contributed by atoms with Crippen molar-refractivity contribution in [2.75, 3.05) is 0 Å². The van der Waals surface area contributed by atoms with Crippen molar-refractivity contribution >= 4 is 5.91 Å². The van der Waals surface area contributed by atoms with Gasteiger partial charge in [-0.25, -0.2) is 4.98 Å². The highest BCUT2D eigenvalue weighted by Gasteiger charge is 2.33. The third-order valence-electron chi connectivity index (χ3n) is 7.08. The molecule has 1 aliphatic carbocycles. The van der Waals surface area contributed by atoms with Gasteiger partial charge in [0.25, 0.3) is 0 Å². The van der Waals surface area contributed by atoms with E-state index >= 15 is 0 Å². The summed E-state index contributed by atoms with van der Waals surface area (Å²) >= 11 is 0. The standard InChI is InChI=1S/C26H29N3O3/c27-26(31)20-6-2-1-5-18(20)15-32-19-11-9-17(10-12-19)25(30)13-23-21-7-3-4-8-22(21)24-14-28-16-29(23)24/h1-8,14,16-17,19,23,25,30H,9-13,15H2,(H2,27,31)/t17-,19-,23?,25?. The Kier molecular flexibility index (Phi) is 5.81. The summed E-state index contributed by atoms with van der Waals surface area (Å²) in [5, 5.41) is 11.1. The number of fused-ring (bicyclic) bond motifs is 3. The summed E-state index contributed by atoms with van der Waals surface area (Å²) < 4.78 is 8.30. The van der Waals surface area contributed by atoms with Gasteiger partial charge in [0.05, 0.1) is 43.1 Å². The number of benzene rings is 2. The van der Waals surface area contributed by atoms with Gasteiger partial charge in [-0.2, -0.15) is 0 Å². The van der Waals surface area contributed by atoms with Crippen LogP contribution in [0.15, 0.2) is 61.1 Å². The molecule has 1 saturated carbocycles. The van der Waals surface area contributed by atoms with Crippen LogP contribution in [0.1, 0.15) is 59.6 Å². The van der Waals surface area contributed by atoms with E-state index in [1.54, 1.807) is 6.07 Å². The maximum Gasteiger partial charge on any atom is 0.249 e. The number of aliphatic hydroxyl groups excluding tert-OH is 1. The number of imidazole rings is 1. The van der Waals surface area contributed by atoms with Crippen LogP contribution >= 0.6 is 0 Å². The molecule has 6 nitrogen and oxygen atoms in total. The first-order valence-corrected chi connectivity index (χ1v) is 11.4. The van der Waals surface area contributed by atoms with Gasteiger partial charge in [-0.05, 0) is 55.2 Å². The summed E-state index contributed by atoms with van der Waals surface area (Å²) in [4.78, 5) is 15.9. The van der Waals surface area contributed by atoms with Gasteiger partial charge in [-0.1, -0.05) is 42.5 Å². The van der Waals surface area contributed by atoms with E-state index in [0.29, 0.717) is 18.6 Å². The number of hydrogen-bond donors (Lipinski definition) is 2. The summed E-state index contributed by atoms with van der Waals surface area (Å²) in [5.74, 6) is -0.155. The molecule has 6 heteroatoms. The summed E-state index contributed by atoms with van der Waals surface area (Å²) in [6.45, 7) is 0.388. The SMILES string of the molecule is NC(=O)c1ccccc1CO[C@H]1CC[C@H](C(O)CC2c3ccccc3-c3cncn32)CC1. The quantitative estimate of drug-likeness (QED) is 0.590. The minimum Gasteiger partial charge on any atom is -0.393 e. The van der Waals surface area contributed by atoms with Crippen molar-refractivity contribution in [3.8, 4) is 11.3 Å². The summed E-state index contributed by atoms with van der Waals surface area (Å²) in [6, 6.07) is 15.9. The van der Waals surface area contributed by atoms with Crippen molar-refractivity contribution < 1.29 is 14.6 Å². The van der Waals surface area contributed by atoms with Crippen LogP contribution in [0.5, 0.6) is 0 Å². The van der Waals surface area contributed by atoms with E-state index in [4.69, 9.17) is 10.5 Å². The largest absolute Gasteiger partial charge is 0.393 e. The monoisotopic (exact) mass is 431 g/mol. The molecule has 32 heavy (non-hydrogen) atoms. The van der Waals surface area contributed by atoms with Crippen LogP contribution in [0.2, 0.25) is 0 Å². The van der Waals surface area contributed by atoms with E-state index in [2.05, 4.69) is 33.8 Å². The molecule has 2 atom stereocenters. The van der Waals surface area contributed by atoms with Crippen LogP contribution in [0.4, 0.5) is 0 Å². The molecule has 2 unspecified atom stereocenters. The lowest BCUT2D eigenvalue weighted by Crippen LogP contribution is -2.30. The maximum atomic E-state index is 11.6. The predicted molar refractivity (Wildman–Crippen MR) is 122 cm³/mol. The van der Waals surface area contributed by atoms with E-state index in [1.165, 1.54) is 11.1 Å². The smallest absolute Gasteiger partial charge is 0.249 e. The Labute approximate surface area is 188 Å². The van der Waals surface area contributed by atoms with Gasteiger partial charge < -0.3 is 20.1 Å². The lowest BCUT2D eigenvalue weighted by atomic mass is 9.81. The first-order valence-electron chi connectivity index (χ1n) is 11.4. The third-order valence-corrected chi connectivity index (χ3v) is 7.08. The number of aromatic nitrogens is 2. The van der Waals surface area contributed by atoms with Gasteiger partial charge in [0.1, 0.15) is 0 Å². The highest BCUT2D eigenvalue weighted by molar-refractivity contribution is 5.94. The second kappa shape index (κ2) is 8.88. The number of aliphatic hydroxyl groups is 1. The number of nitrogens with two attached hydrogens (primary N) is 1. The molecule has 1 aliphatic heterocycles. The molecule has 2 heterocycles. The third kappa shape index (κ3) is 3.96. The number of carbonyl (C=O) groups excluding carboxylic acids is 1. The molecule has 0 saturated heterocycles. The van der Waals surface area contributed by atoms with Crippen LogP contribution in [0, 0.1) is 5.92 Å². The lowest BCUT2D eigenvalue weighted by Gasteiger charge is -2.33. The molecule has 1 amide bonds. The van der Waals surface area contributed by atoms with Crippen molar-refractivity contribution in [2.45, 2.75) is 57.0 Å². The fraction of sp³-hybridized carbons (Fsp3) is 0.385. The molecule has 0 spiro atoms. The predicted octanol–water partition coefficient (Wildman–Crippen LogP) is 4.08. The summed E-state index contributed by atoms with van der Waals surface area (Å²) in [7, 11) is 0. The van der Waals surface area contributed by atoms with Gasteiger partial charge in [0.15, 0.2) is 0 Å². The zero-order valence-corrected chi connectivity index (χ0v) is 18.1. The molecule has 1 fully saturated rings. The fourth-order valence-corrected chi connectivity index (χ4v) is 5.33. The van der Waals surface area contributed by atoms with E-state index < -0.39 is 5.91 Å². The van der Waals surface area contributed by atoms with E-state index in [-0.39, 0.29) is 24.2 Å². The Morgan fingerprint density at radius 1 is 1.12 bits per heavy atom. The van der Waals surface area contributed by atoms with Crippen molar-refractivity contribution in [1.29, 1.82) is 0 Å². The molecule has 1 aromatic heterocycles. The molecule has 3 N–H and O–H groups in total. The minimum atomic E-state index is -0.425. The highest BCUT2D eigenvalue weighted by Crippen LogP contribution is 2.42. The Bertz CT molecular complexity index is 1100. The average Bonchev–Trinajstić information content (AvgIpc) is 3.41. The number of amides is 1. The normalized spacial score (nSPS) is 22.8. The van der Waals surface area contributed by atoms with Gasteiger partial charge in [-0.15, -0.1) is 0 Å². The number of hydrogen-bond acceptors (Lipinski definition) is 4. The summed E-state index contributed by atoms with van der Waals surface area (Å²) in [6.07, 6.45) is 7.97. The topological polar surface area (TPSA) is 90.4 Å². The van der Waals surface area contributed by atoms with Crippen molar-refractivity contribution in [2.24, 2.45) is 11.7 Å². The first kappa shape index (κ1) is 20.9. The van der Waals surface area contributed by atoms with Crippen LogP contribution in [0.3, 0.4) is 0 Å². The van der Waals surface area contributed by atoms with Crippen molar-refractivity contribution in [1.82, 2.24) is 9.55 Å². The van der Waals surface area contributed by atoms with Crippen LogP contribution < -0.4 is 5.73 Å². The van der Waals surface area contributed by atoms with E-state index in [1.807, 2.05) is 30.7 Å². The minimum absolute atomic E-state index is 0.137. The average molecular weight is 432 g/mol. The Hall–Kier alpha value is -2.96. The Morgan fingerprint density at radius 3 is 2.69 bits per heavy atom. The lowest BCUT2D eigenvalue weighted by molar-refractivity contribution is -0.0161. The van der Waals surface area contributed by atoms with E-state index in [9.17, 15) is 9.90 Å². The molecule has 3 aromatic rings. The Balaban J connectivity index is 1.17. The van der Waals surface area contributed by atoms with Gasteiger partial charge >= 0.3 is 0 Å². The summed E-state index contributed by atoms with van der Waals surface area (Å²) in [5.41, 5.74) is 10.4. The molecule has 2 aliphatic rings. The fourth-order valence-electron chi connectivity index (χ4n) is 5.33. The number of nitrogens with zero attached hydrogens (tertiary/aromatic N) is 2. The first-order chi connectivity index (χ1) is 15.6. The van der Waals surface area contributed by atoms with Gasteiger partial charge in [0.2, 0.25) is 5.91 Å². The second-order valence-electron chi connectivity index (χ2n) is 8.96. The zero-order valence-electron chi connectivity index (χ0n) is 18.1. The van der Waals surface area contributed by atoms with Crippen molar-refractivity contribution in [3.05, 3.63) is 77.7 Å². The van der Waals surface area contributed by atoms with Gasteiger partial charge in [-0.3, -0.25) is 4.79 Å². The van der Waals surface area contributed by atoms with Gasteiger partial charge in [0, 0.05) is 11.1 Å². The molecule has 0 bridgehead atoms. The number of ether oxygens (including phenoxy) is 1. The number of carbonyl (C=O) groups is 1. The molecule has 5 rings (SSSR count). The number of primary amides is 1. The highest BCUT2D eigenvalue weighted by atomic mass is 16.5. The number of rotatable bonds is 7. The van der Waals surface area contributed by atoms with Crippen LogP contribution in [0.25, 0.3) is 11.3 Å². The molecular formula is C26H29N3O3. The maximum absolute atomic E-state index is 11.6. The Morgan fingerprint density at radius 2 is 1.88 bits per heavy atom. The van der Waals surface area contributed by atoms with Crippen LogP contribution in [-0.4, -0.2) is 32.8 Å². The van der Waals surface area contributed by atoms with Crippen molar-refractivity contribution in [3.63, 3.8) is 0 Å². The molecule has 0 radical (unpaired) electrons. The van der Waals surface area contributed by atoms with Crippen LogP contribution in [-0.2, 0) is 11.3 Å².